The summed E-state index contributed by atoms with van der Waals surface area (Å²) in [5.41, 5.74) is 1.90. The second kappa shape index (κ2) is 5.43. The van der Waals surface area contributed by atoms with Gasteiger partial charge in [0.1, 0.15) is 5.78 Å². The molecule has 0 N–H and O–H groups in total. The SMILES string of the molecule is CCn1nc(C)c(Cl)c1CC1CC(C)CCC1=O. The Morgan fingerprint density at radius 1 is 1.50 bits per heavy atom. The maximum Gasteiger partial charge on any atom is 0.136 e. The van der Waals surface area contributed by atoms with Crippen molar-refractivity contribution >= 4 is 17.4 Å². The van der Waals surface area contributed by atoms with E-state index in [4.69, 9.17) is 11.6 Å². The van der Waals surface area contributed by atoms with E-state index in [0.717, 1.165) is 48.6 Å². The van der Waals surface area contributed by atoms with Crippen molar-refractivity contribution in [2.75, 3.05) is 0 Å². The third kappa shape index (κ3) is 2.61. The van der Waals surface area contributed by atoms with Crippen LogP contribution in [0.2, 0.25) is 5.02 Å². The number of nitrogens with zero attached hydrogens (tertiary/aromatic N) is 2. The van der Waals surface area contributed by atoms with Crippen molar-refractivity contribution in [2.45, 2.75) is 53.0 Å². The molecule has 1 aromatic heterocycles. The molecular formula is C14H21ClN2O. The average Bonchev–Trinajstić information content (AvgIpc) is 2.61. The molecule has 0 aromatic carbocycles. The van der Waals surface area contributed by atoms with Crippen LogP contribution in [0.1, 0.15) is 44.5 Å². The summed E-state index contributed by atoms with van der Waals surface area (Å²) in [6.07, 6.45) is 3.50. The van der Waals surface area contributed by atoms with Crippen molar-refractivity contribution in [3.63, 3.8) is 0 Å². The van der Waals surface area contributed by atoms with Crippen LogP contribution in [0.15, 0.2) is 0 Å². The molecule has 1 heterocycles. The number of hydrogen-bond acceptors (Lipinski definition) is 2. The molecule has 0 amide bonds. The van der Waals surface area contributed by atoms with Crippen molar-refractivity contribution in [1.82, 2.24) is 9.78 Å². The normalized spacial score (nSPS) is 24.6. The molecule has 1 aliphatic rings. The maximum absolute atomic E-state index is 12.0. The number of carbonyl (C=O) groups excluding carboxylic acids is 1. The fourth-order valence-electron chi connectivity index (χ4n) is 2.82. The topological polar surface area (TPSA) is 34.9 Å². The predicted molar refractivity (Wildman–Crippen MR) is 72.9 cm³/mol. The van der Waals surface area contributed by atoms with Crippen LogP contribution in [0.4, 0.5) is 0 Å². The minimum Gasteiger partial charge on any atom is -0.299 e. The maximum atomic E-state index is 12.0. The number of Topliss-reactive ketones (excluding diaryl/α,β-unsaturated/α-hetero) is 1. The molecule has 0 bridgehead atoms. The summed E-state index contributed by atoms with van der Waals surface area (Å²) >= 11 is 6.30. The number of carbonyl (C=O) groups is 1. The first-order chi connectivity index (χ1) is 8.52. The van der Waals surface area contributed by atoms with Crippen molar-refractivity contribution < 1.29 is 4.79 Å². The standard InChI is InChI=1S/C14H21ClN2O/c1-4-17-12(14(15)10(3)16-17)8-11-7-9(2)5-6-13(11)18/h9,11H,4-8H2,1-3H3. The molecule has 4 heteroatoms. The summed E-state index contributed by atoms with van der Waals surface area (Å²) < 4.78 is 1.93. The van der Waals surface area contributed by atoms with Gasteiger partial charge in [0.05, 0.1) is 16.4 Å². The number of rotatable bonds is 3. The van der Waals surface area contributed by atoms with Gasteiger partial charge in [-0.15, -0.1) is 0 Å². The van der Waals surface area contributed by atoms with Crippen LogP contribution in [0.25, 0.3) is 0 Å². The van der Waals surface area contributed by atoms with E-state index >= 15 is 0 Å². The molecule has 2 rings (SSSR count). The van der Waals surface area contributed by atoms with Gasteiger partial charge in [0.2, 0.25) is 0 Å². The van der Waals surface area contributed by atoms with Gasteiger partial charge in [0.15, 0.2) is 0 Å². The van der Waals surface area contributed by atoms with Crippen LogP contribution < -0.4 is 0 Å². The number of aryl methyl sites for hydroxylation is 2. The minimum atomic E-state index is 0.132. The van der Waals surface area contributed by atoms with Gasteiger partial charge in [0.25, 0.3) is 0 Å². The van der Waals surface area contributed by atoms with Crippen LogP contribution >= 0.6 is 11.6 Å². The van der Waals surface area contributed by atoms with E-state index < -0.39 is 0 Å². The van der Waals surface area contributed by atoms with Gasteiger partial charge in [-0.25, -0.2) is 0 Å². The lowest BCUT2D eigenvalue weighted by atomic mass is 9.79. The molecule has 3 nitrogen and oxygen atoms in total. The monoisotopic (exact) mass is 268 g/mol. The molecule has 1 aliphatic carbocycles. The van der Waals surface area contributed by atoms with Gasteiger partial charge in [-0.05, 0) is 32.6 Å². The zero-order valence-electron chi connectivity index (χ0n) is 11.4. The Bertz CT molecular complexity index is 453. The molecule has 2 unspecified atom stereocenters. The molecule has 0 aliphatic heterocycles. The van der Waals surface area contributed by atoms with E-state index in [1.165, 1.54) is 0 Å². The molecule has 0 radical (unpaired) electrons. The van der Waals surface area contributed by atoms with E-state index in [9.17, 15) is 4.79 Å². The molecule has 2 atom stereocenters. The molecule has 18 heavy (non-hydrogen) atoms. The minimum absolute atomic E-state index is 0.132. The quantitative estimate of drug-likeness (QED) is 0.842. The molecule has 0 spiro atoms. The van der Waals surface area contributed by atoms with E-state index in [0.29, 0.717) is 11.7 Å². The highest BCUT2D eigenvalue weighted by Gasteiger charge is 2.28. The highest BCUT2D eigenvalue weighted by Crippen LogP contribution is 2.31. The van der Waals surface area contributed by atoms with E-state index in [-0.39, 0.29) is 5.92 Å². The van der Waals surface area contributed by atoms with Crippen LogP contribution in [0, 0.1) is 18.8 Å². The smallest absolute Gasteiger partial charge is 0.136 e. The van der Waals surface area contributed by atoms with Gasteiger partial charge in [-0.2, -0.15) is 5.10 Å². The summed E-state index contributed by atoms with van der Waals surface area (Å²) in [7, 11) is 0. The van der Waals surface area contributed by atoms with Crippen LogP contribution in [0.3, 0.4) is 0 Å². The lowest BCUT2D eigenvalue weighted by Gasteiger charge is -2.25. The summed E-state index contributed by atoms with van der Waals surface area (Å²) in [6, 6.07) is 0. The Morgan fingerprint density at radius 2 is 2.22 bits per heavy atom. The third-order valence-corrected chi connectivity index (χ3v) is 4.41. The highest BCUT2D eigenvalue weighted by molar-refractivity contribution is 6.31. The summed E-state index contributed by atoms with van der Waals surface area (Å²) in [5, 5.41) is 5.15. The van der Waals surface area contributed by atoms with E-state index in [1.54, 1.807) is 0 Å². The lowest BCUT2D eigenvalue weighted by molar-refractivity contribution is -0.125. The number of aromatic nitrogens is 2. The predicted octanol–water partition coefficient (Wildman–Crippen LogP) is 3.41. The average molecular weight is 269 g/mol. The summed E-state index contributed by atoms with van der Waals surface area (Å²) in [6.45, 7) is 7.00. The Morgan fingerprint density at radius 3 is 2.89 bits per heavy atom. The molecule has 0 saturated heterocycles. The summed E-state index contributed by atoms with van der Waals surface area (Å²) in [5.74, 6) is 1.17. The van der Waals surface area contributed by atoms with Crippen molar-refractivity contribution in [3.8, 4) is 0 Å². The van der Waals surface area contributed by atoms with Crippen LogP contribution in [-0.4, -0.2) is 15.6 Å². The van der Waals surface area contributed by atoms with Crippen molar-refractivity contribution in [2.24, 2.45) is 11.8 Å². The largest absolute Gasteiger partial charge is 0.299 e. The first-order valence-corrected chi connectivity index (χ1v) is 7.15. The Balaban J connectivity index is 2.20. The second-order valence-corrected chi connectivity index (χ2v) is 5.79. The first-order valence-electron chi connectivity index (χ1n) is 6.77. The fourth-order valence-corrected chi connectivity index (χ4v) is 3.03. The zero-order chi connectivity index (χ0) is 13.3. The highest BCUT2D eigenvalue weighted by atomic mass is 35.5. The fraction of sp³-hybridized carbons (Fsp3) is 0.714. The van der Waals surface area contributed by atoms with Gasteiger partial charge in [0, 0.05) is 25.3 Å². The number of halogens is 1. The van der Waals surface area contributed by atoms with Crippen LogP contribution in [-0.2, 0) is 17.8 Å². The van der Waals surface area contributed by atoms with Gasteiger partial charge >= 0.3 is 0 Å². The zero-order valence-corrected chi connectivity index (χ0v) is 12.1. The van der Waals surface area contributed by atoms with Crippen LogP contribution in [0.5, 0.6) is 0 Å². The van der Waals surface area contributed by atoms with Gasteiger partial charge in [-0.1, -0.05) is 18.5 Å². The molecule has 1 aromatic rings. The van der Waals surface area contributed by atoms with E-state index in [2.05, 4.69) is 18.9 Å². The Kier molecular flexibility index (Phi) is 4.10. The third-order valence-electron chi connectivity index (χ3n) is 3.92. The Labute approximate surface area is 114 Å². The summed E-state index contributed by atoms with van der Waals surface area (Å²) in [4.78, 5) is 12.0. The molecule has 100 valence electrons. The van der Waals surface area contributed by atoms with Crippen molar-refractivity contribution in [3.05, 3.63) is 16.4 Å². The number of ketones is 1. The van der Waals surface area contributed by atoms with Gasteiger partial charge < -0.3 is 0 Å². The number of hydrogen-bond donors (Lipinski definition) is 0. The molecular weight excluding hydrogens is 248 g/mol. The lowest BCUT2D eigenvalue weighted by Crippen LogP contribution is -2.26. The van der Waals surface area contributed by atoms with Crippen molar-refractivity contribution in [1.29, 1.82) is 0 Å². The molecule has 1 fully saturated rings. The first kappa shape index (κ1) is 13.6. The Hall–Kier alpha value is -0.830. The van der Waals surface area contributed by atoms with E-state index in [1.807, 2.05) is 11.6 Å². The van der Waals surface area contributed by atoms with Gasteiger partial charge in [-0.3, -0.25) is 9.48 Å². The second-order valence-electron chi connectivity index (χ2n) is 5.41. The molecule has 1 saturated carbocycles.